The molecule has 194 valence electrons. The van der Waals surface area contributed by atoms with E-state index in [1.54, 1.807) is 36.3 Å². The molecule has 1 aromatic heterocycles. The minimum atomic E-state index is -0.447. The van der Waals surface area contributed by atoms with Gasteiger partial charge in [-0.25, -0.2) is 4.39 Å². The standard InChI is InChI=1S/C29H32FN3O4/c1-4-5-10-24-23(27-25(36-2)11-7-12-26(27)37-3)18-21(19-31-24)29(35)33-15-13-32(14-16-33)28(34)20-8-6-9-22(30)17-20/h6-9,11-12,17-19H,4-5,10,13-16H2,1-3H3. The number of hydrogen-bond acceptors (Lipinski definition) is 5. The van der Waals surface area contributed by atoms with Crippen molar-refractivity contribution in [1.82, 2.24) is 14.8 Å². The molecule has 0 atom stereocenters. The third-order valence-electron chi connectivity index (χ3n) is 6.61. The van der Waals surface area contributed by atoms with Gasteiger partial charge in [0.05, 0.1) is 25.3 Å². The monoisotopic (exact) mass is 505 g/mol. The molecule has 8 heteroatoms. The van der Waals surface area contributed by atoms with E-state index in [1.165, 1.54) is 18.2 Å². The quantitative estimate of drug-likeness (QED) is 0.438. The van der Waals surface area contributed by atoms with Crippen molar-refractivity contribution in [2.75, 3.05) is 40.4 Å². The van der Waals surface area contributed by atoms with E-state index in [-0.39, 0.29) is 11.8 Å². The molecule has 37 heavy (non-hydrogen) atoms. The summed E-state index contributed by atoms with van der Waals surface area (Å²) >= 11 is 0. The molecule has 1 fully saturated rings. The van der Waals surface area contributed by atoms with Crippen LogP contribution in [0.4, 0.5) is 4.39 Å². The van der Waals surface area contributed by atoms with E-state index in [9.17, 15) is 14.0 Å². The second-order valence-corrected chi connectivity index (χ2v) is 8.95. The summed E-state index contributed by atoms with van der Waals surface area (Å²) in [7, 11) is 3.22. The van der Waals surface area contributed by atoms with Crippen molar-refractivity contribution in [2.24, 2.45) is 0 Å². The normalized spacial score (nSPS) is 13.4. The van der Waals surface area contributed by atoms with Crippen molar-refractivity contribution in [3.05, 3.63) is 77.4 Å². The number of nitrogens with zero attached hydrogens (tertiary/aromatic N) is 3. The Bertz CT molecular complexity index is 1250. The van der Waals surface area contributed by atoms with Crippen LogP contribution in [-0.2, 0) is 6.42 Å². The molecule has 4 rings (SSSR count). The molecular formula is C29H32FN3O4. The number of benzene rings is 2. The summed E-state index contributed by atoms with van der Waals surface area (Å²) < 4.78 is 24.8. The number of aromatic nitrogens is 1. The summed E-state index contributed by atoms with van der Waals surface area (Å²) in [6, 6.07) is 13.1. The number of pyridine rings is 1. The lowest BCUT2D eigenvalue weighted by Crippen LogP contribution is -2.50. The van der Waals surface area contributed by atoms with Gasteiger partial charge in [0.15, 0.2) is 0 Å². The molecule has 0 radical (unpaired) electrons. The largest absolute Gasteiger partial charge is 0.496 e. The Morgan fingerprint density at radius 2 is 1.49 bits per heavy atom. The highest BCUT2D eigenvalue weighted by molar-refractivity contribution is 5.97. The molecule has 1 saturated heterocycles. The number of unbranched alkanes of at least 4 members (excludes halogenated alkanes) is 1. The van der Waals surface area contributed by atoms with Gasteiger partial charge in [-0.2, -0.15) is 0 Å². The summed E-state index contributed by atoms with van der Waals surface area (Å²) in [5, 5.41) is 0. The molecule has 2 heterocycles. The van der Waals surface area contributed by atoms with Gasteiger partial charge in [0.2, 0.25) is 0 Å². The Morgan fingerprint density at radius 3 is 2.05 bits per heavy atom. The van der Waals surface area contributed by atoms with Crippen LogP contribution in [-0.4, -0.2) is 67.0 Å². The van der Waals surface area contributed by atoms with E-state index >= 15 is 0 Å². The predicted molar refractivity (Wildman–Crippen MR) is 140 cm³/mol. The number of methoxy groups -OCH3 is 2. The maximum atomic E-state index is 13.6. The maximum absolute atomic E-state index is 13.6. The minimum Gasteiger partial charge on any atom is -0.496 e. The minimum absolute atomic E-state index is 0.150. The SMILES string of the molecule is CCCCc1ncc(C(=O)N2CCN(C(=O)c3cccc(F)c3)CC2)cc1-c1c(OC)cccc1OC. The third kappa shape index (κ3) is 5.74. The first-order valence-corrected chi connectivity index (χ1v) is 12.5. The van der Waals surface area contributed by atoms with Gasteiger partial charge >= 0.3 is 0 Å². The fraction of sp³-hybridized carbons (Fsp3) is 0.345. The number of halogens is 1. The van der Waals surface area contributed by atoms with Crippen LogP contribution in [0.15, 0.2) is 54.7 Å². The molecule has 0 unspecified atom stereocenters. The zero-order valence-corrected chi connectivity index (χ0v) is 21.5. The molecular weight excluding hydrogens is 473 g/mol. The molecule has 0 spiro atoms. The number of carbonyl (C=O) groups is 2. The summed E-state index contributed by atoms with van der Waals surface area (Å²) in [6.07, 6.45) is 4.38. The second kappa shape index (κ2) is 11.9. The number of hydrogen-bond donors (Lipinski definition) is 0. The Hall–Kier alpha value is -3.94. The number of ether oxygens (including phenoxy) is 2. The number of aryl methyl sites for hydroxylation is 1. The average Bonchev–Trinajstić information content (AvgIpc) is 2.94. The van der Waals surface area contributed by atoms with Gasteiger partial charge in [-0.15, -0.1) is 0 Å². The van der Waals surface area contributed by atoms with Gasteiger partial charge in [-0.3, -0.25) is 14.6 Å². The molecule has 2 aromatic carbocycles. The van der Waals surface area contributed by atoms with Gasteiger partial charge in [0, 0.05) is 49.2 Å². The Kier molecular flexibility index (Phi) is 8.38. The van der Waals surface area contributed by atoms with Crippen LogP contribution in [0.2, 0.25) is 0 Å². The fourth-order valence-corrected chi connectivity index (χ4v) is 4.59. The van der Waals surface area contributed by atoms with E-state index in [4.69, 9.17) is 14.5 Å². The van der Waals surface area contributed by atoms with E-state index in [0.29, 0.717) is 48.8 Å². The molecule has 3 aromatic rings. The van der Waals surface area contributed by atoms with Gasteiger partial charge in [0.1, 0.15) is 17.3 Å². The fourth-order valence-electron chi connectivity index (χ4n) is 4.59. The summed E-state index contributed by atoms with van der Waals surface area (Å²) in [6.45, 7) is 3.63. The highest BCUT2D eigenvalue weighted by atomic mass is 19.1. The first-order chi connectivity index (χ1) is 18.0. The van der Waals surface area contributed by atoms with Crippen molar-refractivity contribution in [3.8, 4) is 22.6 Å². The van der Waals surface area contributed by atoms with Crippen LogP contribution in [0.25, 0.3) is 11.1 Å². The Morgan fingerprint density at radius 1 is 0.892 bits per heavy atom. The topological polar surface area (TPSA) is 72.0 Å². The number of carbonyl (C=O) groups excluding carboxylic acids is 2. The number of rotatable bonds is 8. The molecule has 7 nitrogen and oxygen atoms in total. The third-order valence-corrected chi connectivity index (χ3v) is 6.61. The Balaban J connectivity index is 1.57. The lowest BCUT2D eigenvalue weighted by Gasteiger charge is -2.35. The Labute approximate surface area is 216 Å². The lowest BCUT2D eigenvalue weighted by atomic mass is 9.97. The molecule has 2 amide bonds. The highest BCUT2D eigenvalue weighted by Crippen LogP contribution is 2.40. The van der Waals surface area contributed by atoms with Crippen LogP contribution in [0.3, 0.4) is 0 Å². The zero-order valence-electron chi connectivity index (χ0n) is 21.5. The van der Waals surface area contributed by atoms with Crippen molar-refractivity contribution in [1.29, 1.82) is 0 Å². The number of piperazine rings is 1. The lowest BCUT2D eigenvalue weighted by molar-refractivity contribution is 0.0535. The van der Waals surface area contributed by atoms with Crippen LogP contribution in [0.5, 0.6) is 11.5 Å². The van der Waals surface area contributed by atoms with Crippen molar-refractivity contribution >= 4 is 11.8 Å². The van der Waals surface area contributed by atoms with Gasteiger partial charge < -0.3 is 19.3 Å². The van der Waals surface area contributed by atoms with Gasteiger partial charge in [-0.1, -0.05) is 25.5 Å². The summed E-state index contributed by atoms with van der Waals surface area (Å²) in [5.74, 6) is 0.458. The second-order valence-electron chi connectivity index (χ2n) is 8.95. The summed E-state index contributed by atoms with van der Waals surface area (Å²) in [5.41, 5.74) is 3.24. The average molecular weight is 506 g/mol. The van der Waals surface area contributed by atoms with Crippen LogP contribution < -0.4 is 9.47 Å². The van der Waals surface area contributed by atoms with E-state index in [1.807, 2.05) is 24.3 Å². The van der Waals surface area contributed by atoms with Gasteiger partial charge in [0.25, 0.3) is 11.8 Å². The van der Waals surface area contributed by atoms with Crippen molar-refractivity contribution in [3.63, 3.8) is 0 Å². The first-order valence-electron chi connectivity index (χ1n) is 12.5. The molecule has 0 aliphatic carbocycles. The predicted octanol–water partition coefficient (Wildman–Crippen LogP) is 4.85. The molecule has 0 bridgehead atoms. The summed E-state index contributed by atoms with van der Waals surface area (Å²) in [4.78, 5) is 34.3. The molecule has 1 aliphatic rings. The number of amides is 2. The van der Waals surface area contributed by atoms with Crippen molar-refractivity contribution < 1.29 is 23.5 Å². The van der Waals surface area contributed by atoms with E-state index in [0.717, 1.165) is 36.1 Å². The van der Waals surface area contributed by atoms with Crippen molar-refractivity contribution in [2.45, 2.75) is 26.2 Å². The van der Waals surface area contributed by atoms with Gasteiger partial charge in [-0.05, 0) is 49.2 Å². The first kappa shape index (κ1) is 26.1. The van der Waals surface area contributed by atoms with Crippen LogP contribution in [0.1, 0.15) is 46.2 Å². The maximum Gasteiger partial charge on any atom is 0.255 e. The smallest absolute Gasteiger partial charge is 0.255 e. The molecule has 0 N–H and O–H groups in total. The molecule has 1 aliphatic heterocycles. The van der Waals surface area contributed by atoms with Crippen LogP contribution >= 0.6 is 0 Å². The zero-order chi connectivity index (χ0) is 26.4. The molecule has 0 saturated carbocycles. The van der Waals surface area contributed by atoms with E-state index in [2.05, 4.69) is 6.92 Å². The van der Waals surface area contributed by atoms with E-state index < -0.39 is 5.82 Å². The highest BCUT2D eigenvalue weighted by Gasteiger charge is 2.27. The van der Waals surface area contributed by atoms with Crippen LogP contribution in [0, 0.1) is 5.82 Å².